The summed E-state index contributed by atoms with van der Waals surface area (Å²) >= 11 is 0. The molecule has 0 atom stereocenters. The Bertz CT molecular complexity index is 926. The van der Waals surface area contributed by atoms with Crippen molar-refractivity contribution in [1.29, 1.82) is 0 Å². The van der Waals surface area contributed by atoms with Crippen molar-refractivity contribution in [2.24, 2.45) is 0 Å². The zero-order valence-electron chi connectivity index (χ0n) is 23.0. The molecule has 3 rings (SSSR count). The fourth-order valence-corrected chi connectivity index (χ4v) is 3.38. The molecule has 3 nitrogen and oxygen atoms in total. The van der Waals surface area contributed by atoms with Crippen LogP contribution in [0.4, 0.5) is 0 Å². The smallest absolute Gasteiger partial charge is 0.0713 e. The van der Waals surface area contributed by atoms with E-state index >= 15 is 0 Å². The van der Waals surface area contributed by atoms with Gasteiger partial charge >= 0.3 is 0 Å². The molecule has 0 heterocycles. The minimum absolute atomic E-state index is 0.137. The second kappa shape index (κ2) is 17.0. The predicted octanol–water partition coefficient (Wildman–Crippen LogP) is 8.22. The molecule has 0 radical (unpaired) electrons. The summed E-state index contributed by atoms with van der Waals surface area (Å²) in [5.74, 6) is 1.78. The quantitative estimate of drug-likeness (QED) is 0.354. The molecule has 0 saturated carbocycles. The van der Waals surface area contributed by atoms with Gasteiger partial charge in [0.15, 0.2) is 0 Å². The van der Waals surface area contributed by atoms with Gasteiger partial charge in [0.25, 0.3) is 0 Å². The lowest BCUT2D eigenvalue weighted by molar-refractivity contribution is 0.185. The molecule has 0 amide bonds. The van der Waals surface area contributed by atoms with Crippen molar-refractivity contribution in [3.05, 3.63) is 106 Å². The lowest BCUT2D eigenvalue weighted by Gasteiger charge is -2.06. The highest BCUT2D eigenvalue weighted by molar-refractivity contribution is 5.26. The van der Waals surface area contributed by atoms with Gasteiger partial charge in [0.05, 0.1) is 19.8 Å². The van der Waals surface area contributed by atoms with Crippen molar-refractivity contribution in [2.75, 3.05) is 14.2 Å². The molecule has 35 heavy (non-hydrogen) atoms. The molecule has 3 heteroatoms. The zero-order valence-corrected chi connectivity index (χ0v) is 23.0. The van der Waals surface area contributed by atoms with E-state index < -0.39 is 0 Å². The van der Waals surface area contributed by atoms with Gasteiger partial charge in [-0.2, -0.15) is 0 Å². The maximum Gasteiger partial charge on any atom is 0.0713 e. The number of hydrogen-bond acceptors (Lipinski definition) is 3. The van der Waals surface area contributed by atoms with E-state index in [1.165, 1.54) is 27.8 Å². The van der Waals surface area contributed by atoms with Gasteiger partial charge in [-0.05, 0) is 51.1 Å². The van der Waals surface area contributed by atoms with E-state index in [2.05, 4.69) is 102 Å². The molecule has 0 aliphatic rings. The second-order valence-electron chi connectivity index (χ2n) is 9.72. The third-order valence-corrected chi connectivity index (χ3v) is 5.72. The summed E-state index contributed by atoms with van der Waals surface area (Å²) < 4.78 is 10.1. The Kier molecular flexibility index (Phi) is 14.9. The lowest BCUT2D eigenvalue weighted by atomic mass is 10.0. The average Bonchev–Trinajstić information content (AvgIpc) is 2.86. The molecule has 0 saturated heterocycles. The highest BCUT2D eigenvalue weighted by Crippen LogP contribution is 2.16. The summed E-state index contributed by atoms with van der Waals surface area (Å²) in [7, 11) is 3.44. The number of methoxy groups -OCH3 is 2. The zero-order chi connectivity index (χ0) is 26.2. The van der Waals surface area contributed by atoms with Crippen molar-refractivity contribution in [1.82, 2.24) is 0 Å². The molecular weight excluding hydrogens is 432 g/mol. The SMILES string of the molecule is CC(C)c1ccc(CO)cc1.COCc1ccc(C(C)C)cc1.COCc1cccc(C(C)C)c1. The Balaban J connectivity index is 0.000000263. The van der Waals surface area contributed by atoms with Gasteiger partial charge in [-0.3, -0.25) is 0 Å². The molecule has 0 unspecified atom stereocenters. The fraction of sp³-hybridized carbons (Fsp3) is 0.438. The van der Waals surface area contributed by atoms with E-state index in [4.69, 9.17) is 14.6 Å². The van der Waals surface area contributed by atoms with Crippen LogP contribution in [-0.4, -0.2) is 19.3 Å². The molecule has 1 N–H and O–H groups in total. The predicted molar refractivity (Wildman–Crippen MR) is 149 cm³/mol. The van der Waals surface area contributed by atoms with Crippen LogP contribution in [0.25, 0.3) is 0 Å². The maximum absolute atomic E-state index is 8.77. The van der Waals surface area contributed by atoms with Gasteiger partial charge in [-0.25, -0.2) is 0 Å². The first-order chi connectivity index (χ1) is 16.7. The number of hydrogen-bond donors (Lipinski definition) is 1. The molecule has 192 valence electrons. The number of ether oxygens (including phenoxy) is 2. The van der Waals surface area contributed by atoms with Gasteiger partial charge in [-0.1, -0.05) is 114 Å². The minimum Gasteiger partial charge on any atom is -0.392 e. The number of benzene rings is 3. The number of aliphatic hydroxyl groups excluding tert-OH is 1. The van der Waals surface area contributed by atoms with E-state index in [0.29, 0.717) is 31.0 Å². The van der Waals surface area contributed by atoms with E-state index in [0.717, 1.165) is 5.56 Å². The van der Waals surface area contributed by atoms with E-state index in [1.54, 1.807) is 14.2 Å². The molecular formula is C32H46O3. The van der Waals surface area contributed by atoms with Gasteiger partial charge in [0.1, 0.15) is 0 Å². The van der Waals surface area contributed by atoms with E-state index in [-0.39, 0.29) is 6.61 Å². The molecule has 3 aromatic rings. The average molecular weight is 479 g/mol. The molecule has 0 aromatic heterocycles. The van der Waals surface area contributed by atoms with Crippen LogP contribution in [0.2, 0.25) is 0 Å². The van der Waals surface area contributed by atoms with Crippen LogP contribution in [0.1, 0.15) is 92.7 Å². The summed E-state index contributed by atoms with van der Waals surface area (Å²) in [4.78, 5) is 0. The van der Waals surface area contributed by atoms with Gasteiger partial charge in [0.2, 0.25) is 0 Å². The Labute approximate surface area is 214 Å². The Morgan fingerprint density at radius 1 is 0.543 bits per heavy atom. The largest absolute Gasteiger partial charge is 0.392 e. The number of aliphatic hydroxyl groups is 1. The Hall–Kier alpha value is -2.46. The third kappa shape index (κ3) is 12.2. The van der Waals surface area contributed by atoms with Crippen LogP contribution < -0.4 is 0 Å². The normalized spacial score (nSPS) is 10.6. The summed E-state index contributed by atoms with van der Waals surface area (Å²) in [6.07, 6.45) is 0. The van der Waals surface area contributed by atoms with Crippen molar-refractivity contribution in [2.45, 2.75) is 79.1 Å². The maximum atomic E-state index is 8.77. The highest BCUT2D eigenvalue weighted by atomic mass is 16.5. The number of rotatable bonds is 8. The van der Waals surface area contributed by atoms with Crippen molar-refractivity contribution >= 4 is 0 Å². The van der Waals surface area contributed by atoms with Crippen LogP contribution in [0.15, 0.2) is 72.8 Å². The van der Waals surface area contributed by atoms with Crippen LogP contribution in [0.3, 0.4) is 0 Å². The molecule has 0 spiro atoms. The van der Waals surface area contributed by atoms with Crippen LogP contribution in [0, 0.1) is 0 Å². The molecule has 0 aliphatic carbocycles. The summed E-state index contributed by atoms with van der Waals surface area (Å²) in [6, 6.07) is 25.2. The van der Waals surface area contributed by atoms with Crippen LogP contribution in [-0.2, 0) is 29.3 Å². The van der Waals surface area contributed by atoms with E-state index in [9.17, 15) is 0 Å². The van der Waals surface area contributed by atoms with Crippen molar-refractivity contribution in [3.8, 4) is 0 Å². The first-order valence-corrected chi connectivity index (χ1v) is 12.6. The molecule has 0 fully saturated rings. The topological polar surface area (TPSA) is 38.7 Å². The third-order valence-electron chi connectivity index (χ3n) is 5.72. The van der Waals surface area contributed by atoms with Crippen LogP contribution in [0.5, 0.6) is 0 Å². The first kappa shape index (κ1) is 30.6. The monoisotopic (exact) mass is 478 g/mol. The first-order valence-electron chi connectivity index (χ1n) is 12.6. The second-order valence-corrected chi connectivity index (χ2v) is 9.72. The standard InChI is InChI=1S/2C11H16O.C10H14O/c1-9(2)11-6-4-10(5-7-11)8-12-3;1-9(2)11-6-4-5-10(7-11)8-12-3;1-8(2)10-5-3-9(7-11)4-6-10/h2*4-7,9H,8H2,1-3H3;3-6,8,11H,7H2,1-2H3. The van der Waals surface area contributed by atoms with Gasteiger partial charge < -0.3 is 14.6 Å². The molecule has 0 aliphatic heterocycles. The highest BCUT2D eigenvalue weighted by Gasteiger charge is 2.00. The van der Waals surface area contributed by atoms with Crippen LogP contribution >= 0.6 is 0 Å². The Morgan fingerprint density at radius 3 is 1.37 bits per heavy atom. The summed E-state index contributed by atoms with van der Waals surface area (Å²) in [5, 5.41) is 8.77. The van der Waals surface area contributed by atoms with Crippen molar-refractivity contribution in [3.63, 3.8) is 0 Å². The Morgan fingerprint density at radius 2 is 0.971 bits per heavy atom. The molecule has 0 bridgehead atoms. The van der Waals surface area contributed by atoms with Gasteiger partial charge in [0, 0.05) is 14.2 Å². The molecule has 3 aromatic carbocycles. The van der Waals surface area contributed by atoms with E-state index in [1.807, 2.05) is 12.1 Å². The summed E-state index contributed by atoms with van der Waals surface area (Å²) in [6.45, 7) is 14.7. The lowest BCUT2D eigenvalue weighted by Crippen LogP contribution is -1.91. The minimum atomic E-state index is 0.137. The van der Waals surface area contributed by atoms with Crippen molar-refractivity contribution < 1.29 is 14.6 Å². The van der Waals surface area contributed by atoms with Gasteiger partial charge in [-0.15, -0.1) is 0 Å². The summed E-state index contributed by atoms with van der Waals surface area (Å²) in [5.41, 5.74) is 7.56. The fourth-order valence-electron chi connectivity index (χ4n) is 3.38.